The number of hydrogen-bond acceptors (Lipinski definition) is 2. The van der Waals surface area contributed by atoms with Gasteiger partial charge in [-0.05, 0) is 6.92 Å². The van der Waals surface area contributed by atoms with Crippen molar-refractivity contribution in [2.45, 2.75) is 13.3 Å². The first-order valence-electron chi connectivity index (χ1n) is 3.14. The van der Waals surface area contributed by atoms with Crippen molar-refractivity contribution in [3.05, 3.63) is 18.2 Å². The van der Waals surface area contributed by atoms with E-state index in [1.54, 1.807) is 0 Å². The van der Waals surface area contributed by atoms with E-state index < -0.39 is 0 Å². The zero-order chi connectivity index (χ0) is 8.69. The Bertz CT molecular complexity index is 204. The van der Waals surface area contributed by atoms with Crippen molar-refractivity contribution in [1.29, 1.82) is 0 Å². The molecule has 0 aliphatic heterocycles. The predicted octanol–water partition coefficient (Wildman–Crippen LogP) is 0.796. The first kappa shape index (κ1) is 9.59. The van der Waals surface area contributed by atoms with Gasteiger partial charge < -0.3 is 10.3 Å². The Hall–Kier alpha value is -1.41. The second-order valence-corrected chi connectivity index (χ2v) is 1.97. The van der Waals surface area contributed by atoms with Gasteiger partial charge in [0.25, 0.3) is 0 Å². The number of carbonyl (C=O) groups is 1. The fourth-order valence-electron chi connectivity index (χ4n) is 0.483. The van der Waals surface area contributed by atoms with Crippen LogP contribution < -0.4 is 0 Å². The van der Waals surface area contributed by atoms with Crippen LogP contribution in [-0.4, -0.2) is 23.1 Å². The highest BCUT2D eigenvalue weighted by Gasteiger charge is 2.10. The molecular weight excluding hydrogens is 144 g/mol. The summed E-state index contributed by atoms with van der Waals surface area (Å²) in [4.78, 5) is 13.3. The summed E-state index contributed by atoms with van der Waals surface area (Å²) in [5.74, 6) is -0.0840. The summed E-state index contributed by atoms with van der Waals surface area (Å²) in [6, 6.07) is 0. The highest BCUT2D eigenvalue weighted by molar-refractivity contribution is 5.94. The van der Waals surface area contributed by atoms with Gasteiger partial charge in [0.15, 0.2) is 0 Å². The molecule has 4 heteroatoms. The zero-order valence-electron chi connectivity index (χ0n) is 6.41. The first-order valence-corrected chi connectivity index (χ1v) is 3.14. The standard InChI is InChI=1S/C7H10N2O2/c1-3-4-11-7(9-8)5-6(2)10/h3H,1,4-5H2,2H3. The van der Waals surface area contributed by atoms with Crippen LogP contribution in [0.1, 0.15) is 13.3 Å². The third-order valence-corrected chi connectivity index (χ3v) is 0.880. The van der Waals surface area contributed by atoms with Gasteiger partial charge in [-0.15, -0.1) is 4.79 Å². The van der Waals surface area contributed by atoms with Crippen LogP contribution in [0.25, 0.3) is 5.53 Å². The van der Waals surface area contributed by atoms with E-state index in [1.807, 2.05) is 0 Å². The smallest absolute Gasteiger partial charge is 0.431 e. The van der Waals surface area contributed by atoms with Crippen LogP contribution in [0.5, 0.6) is 0 Å². The average molecular weight is 154 g/mol. The van der Waals surface area contributed by atoms with E-state index in [0.29, 0.717) is 0 Å². The number of rotatable bonds is 4. The lowest BCUT2D eigenvalue weighted by atomic mass is 10.3. The van der Waals surface area contributed by atoms with E-state index in [4.69, 9.17) is 10.3 Å². The van der Waals surface area contributed by atoms with Gasteiger partial charge in [0, 0.05) is 0 Å². The Kier molecular flexibility index (Phi) is 4.69. The third-order valence-electron chi connectivity index (χ3n) is 0.880. The van der Waals surface area contributed by atoms with E-state index in [0.717, 1.165) is 0 Å². The molecule has 0 amide bonds. The minimum absolute atomic E-state index is 0.0182. The minimum Gasteiger partial charge on any atom is -0.431 e. The van der Waals surface area contributed by atoms with Gasteiger partial charge >= 0.3 is 5.90 Å². The van der Waals surface area contributed by atoms with Crippen molar-refractivity contribution in [3.63, 3.8) is 0 Å². The van der Waals surface area contributed by atoms with Crippen LogP contribution in [0.2, 0.25) is 0 Å². The van der Waals surface area contributed by atoms with E-state index in [2.05, 4.69) is 11.4 Å². The lowest BCUT2D eigenvalue weighted by Gasteiger charge is -1.93. The summed E-state index contributed by atoms with van der Waals surface area (Å²) in [6.45, 7) is 5.03. The number of ether oxygens (including phenoxy) is 1. The Morgan fingerprint density at radius 2 is 2.45 bits per heavy atom. The predicted molar refractivity (Wildman–Crippen MR) is 40.1 cm³/mol. The van der Waals surface area contributed by atoms with Crippen LogP contribution in [0, 0.1) is 0 Å². The molecule has 0 saturated carbocycles. The maximum absolute atomic E-state index is 10.5. The molecule has 0 aliphatic rings. The van der Waals surface area contributed by atoms with Crippen LogP contribution in [0.4, 0.5) is 0 Å². The van der Waals surface area contributed by atoms with E-state index in [1.165, 1.54) is 13.0 Å². The van der Waals surface area contributed by atoms with Crippen LogP contribution in [0.15, 0.2) is 12.7 Å². The van der Waals surface area contributed by atoms with Gasteiger partial charge in [-0.3, -0.25) is 4.79 Å². The fraction of sp³-hybridized carbons (Fsp3) is 0.429. The molecule has 4 nitrogen and oxygen atoms in total. The second kappa shape index (κ2) is 5.38. The van der Waals surface area contributed by atoms with Crippen LogP contribution in [0.3, 0.4) is 0 Å². The van der Waals surface area contributed by atoms with Crippen LogP contribution >= 0.6 is 0 Å². The van der Waals surface area contributed by atoms with Crippen molar-refractivity contribution < 1.29 is 14.3 Å². The quantitative estimate of drug-likeness (QED) is 0.197. The van der Waals surface area contributed by atoms with Gasteiger partial charge in [0.05, 0.1) is 0 Å². The molecule has 0 spiro atoms. The highest BCUT2D eigenvalue weighted by atomic mass is 16.5. The van der Waals surface area contributed by atoms with Crippen molar-refractivity contribution >= 4 is 11.7 Å². The van der Waals surface area contributed by atoms with Gasteiger partial charge in [0.2, 0.25) is 0 Å². The molecule has 0 bridgehead atoms. The lowest BCUT2D eigenvalue weighted by Crippen LogP contribution is -2.10. The molecule has 0 rings (SSSR count). The Morgan fingerprint density at radius 1 is 1.82 bits per heavy atom. The molecule has 0 aromatic carbocycles. The molecular formula is C7H10N2O2. The molecule has 0 aromatic heterocycles. The third kappa shape index (κ3) is 5.06. The van der Waals surface area contributed by atoms with Gasteiger partial charge in [-0.1, -0.05) is 12.7 Å². The Labute approximate surface area is 65.1 Å². The zero-order valence-corrected chi connectivity index (χ0v) is 6.41. The van der Waals surface area contributed by atoms with Crippen molar-refractivity contribution in [2.75, 3.05) is 6.61 Å². The summed E-state index contributed by atoms with van der Waals surface area (Å²) < 4.78 is 4.81. The number of ketones is 1. The number of Topliss-reactive ketones (excluding diaryl/α,β-unsaturated/α-hetero) is 1. The lowest BCUT2D eigenvalue weighted by molar-refractivity contribution is -0.117. The summed E-state index contributed by atoms with van der Waals surface area (Å²) in [5.41, 5.74) is 8.28. The molecule has 0 N–H and O–H groups in total. The first-order chi connectivity index (χ1) is 5.20. The number of carbonyl (C=O) groups excluding carboxylic acids is 1. The normalized spacial score (nSPS) is 8.09. The largest absolute Gasteiger partial charge is 0.457 e. The molecule has 0 aromatic rings. The highest BCUT2D eigenvalue weighted by Crippen LogP contribution is 1.87. The Morgan fingerprint density at radius 3 is 2.82 bits per heavy atom. The fourth-order valence-corrected chi connectivity index (χ4v) is 0.483. The SMILES string of the molecule is C=CCOC(CC(C)=O)=[N+]=[N-]. The molecule has 0 saturated heterocycles. The average Bonchev–Trinajstić information content (AvgIpc) is 1.97. The van der Waals surface area contributed by atoms with E-state index in [9.17, 15) is 4.79 Å². The molecule has 0 unspecified atom stereocenters. The summed E-state index contributed by atoms with van der Waals surface area (Å²) in [5, 5.41) is 0. The van der Waals surface area contributed by atoms with Gasteiger partial charge in [-0.2, -0.15) is 0 Å². The topological polar surface area (TPSA) is 62.7 Å². The summed E-state index contributed by atoms with van der Waals surface area (Å²) in [7, 11) is 0. The minimum atomic E-state index is -0.109. The summed E-state index contributed by atoms with van der Waals surface area (Å²) >= 11 is 0. The van der Waals surface area contributed by atoms with Gasteiger partial charge in [0.1, 0.15) is 18.8 Å². The molecule has 60 valence electrons. The monoisotopic (exact) mass is 154 g/mol. The van der Waals surface area contributed by atoms with Crippen LogP contribution in [-0.2, 0) is 9.53 Å². The van der Waals surface area contributed by atoms with E-state index in [-0.39, 0.29) is 24.7 Å². The molecule has 0 fully saturated rings. The van der Waals surface area contributed by atoms with E-state index >= 15 is 0 Å². The molecule has 11 heavy (non-hydrogen) atoms. The molecule has 0 atom stereocenters. The second-order valence-electron chi connectivity index (χ2n) is 1.97. The van der Waals surface area contributed by atoms with Crippen molar-refractivity contribution in [2.24, 2.45) is 0 Å². The maximum Gasteiger partial charge on any atom is 0.457 e. The van der Waals surface area contributed by atoms with Crippen molar-refractivity contribution in [3.8, 4) is 0 Å². The number of hydrogen-bond donors (Lipinski definition) is 0. The molecule has 0 heterocycles. The van der Waals surface area contributed by atoms with Gasteiger partial charge in [-0.25, -0.2) is 0 Å². The maximum atomic E-state index is 10.5. The molecule has 0 aliphatic carbocycles. The number of nitrogens with zero attached hydrogens (tertiary/aromatic N) is 2. The van der Waals surface area contributed by atoms with Crippen molar-refractivity contribution in [1.82, 2.24) is 0 Å². The summed E-state index contributed by atoms with van der Waals surface area (Å²) in [6.07, 6.45) is 1.52. The molecule has 0 radical (unpaired) electrons. The Balaban J connectivity index is 3.88.